The van der Waals surface area contributed by atoms with Crippen LogP contribution in [-0.4, -0.2) is 31.1 Å². The highest BCUT2D eigenvalue weighted by Gasteiger charge is 2.24. The zero-order valence-corrected chi connectivity index (χ0v) is 12.8. The van der Waals surface area contributed by atoms with E-state index in [0.717, 1.165) is 35.8 Å². The molecule has 0 radical (unpaired) electrons. The largest absolute Gasteiger partial charge is 0.384 e. The zero-order chi connectivity index (χ0) is 13.7. The van der Waals surface area contributed by atoms with Gasteiger partial charge in [-0.1, -0.05) is 37.4 Å². The van der Waals surface area contributed by atoms with Gasteiger partial charge in [0.15, 0.2) is 0 Å². The number of rotatable bonds is 5. The Morgan fingerprint density at radius 3 is 2.84 bits per heavy atom. The number of likely N-dealkylation sites (N-methyl/N-ethyl adjacent to an activating group) is 1. The van der Waals surface area contributed by atoms with Crippen molar-refractivity contribution in [3.63, 3.8) is 0 Å². The monoisotopic (exact) mass is 280 g/mol. The van der Waals surface area contributed by atoms with Crippen LogP contribution in [0.3, 0.4) is 0 Å². The van der Waals surface area contributed by atoms with Crippen molar-refractivity contribution < 1.29 is 0 Å². The molecule has 0 aromatic heterocycles. The lowest BCUT2D eigenvalue weighted by Gasteiger charge is -2.36. The molecular weight excluding hydrogens is 256 g/mol. The number of halogens is 1. The average Bonchev–Trinajstić information content (AvgIpc) is 2.39. The molecule has 2 atom stereocenters. The third-order valence-electron chi connectivity index (χ3n) is 4.25. The normalized spacial score (nSPS) is 23.6. The molecule has 0 spiro atoms. The molecule has 19 heavy (non-hydrogen) atoms. The Hall–Kier alpha value is -0.730. The Labute approximate surface area is 122 Å². The Kier molecular flexibility index (Phi) is 5.53. The SMILES string of the molecule is CC1CCCCC1N(C)CCNc1cccc(Cl)c1. The summed E-state index contributed by atoms with van der Waals surface area (Å²) in [5, 5.41) is 4.24. The molecule has 1 aliphatic rings. The van der Waals surface area contributed by atoms with E-state index in [4.69, 9.17) is 11.6 Å². The maximum absolute atomic E-state index is 5.98. The van der Waals surface area contributed by atoms with E-state index in [2.05, 4.69) is 30.3 Å². The topological polar surface area (TPSA) is 15.3 Å². The van der Waals surface area contributed by atoms with Crippen molar-refractivity contribution in [2.75, 3.05) is 25.5 Å². The first-order valence-electron chi connectivity index (χ1n) is 7.36. The van der Waals surface area contributed by atoms with Crippen molar-refractivity contribution in [2.45, 2.75) is 38.6 Å². The Morgan fingerprint density at radius 1 is 1.32 bits per heavy atom. The second-order valence-corrected chi connectivity index (χ2v) is 6.18. The van der Waals surface area contributed by atoms with Crippen LogP contribution in [0.4, 0.5) is 5.69 Å². The molecule has 0 saturated heterocycles. The van der Waals surface area contributed by atoms with E-state index in [1.54, 1.807) is 0 Å². The molecule has 0 heterocycles. The molecule has 2 nitrogen and oxygen atoms in total. The van der Waals surface area contributed by atoms with Crippen LogP contribution >= 0.6 is 11.6 Å². The lowest BCUT2D eigenvalue weighted by atomic mass is 9.85. The van der Waals surface area contributed by atoms with Gasteiger partial charge in [0.25, 0.3) is 0 Å². The van der Waals surface area contributed by atoms with E-state index in [1.165, 1.54) is 25.7 Å². The van der Waals surface area contributed by atoms with Gasteiger partial charge in [-0.25, -0.2) is 0 Å². The van der Waals surface area contributed by atoms with Crippen LogP contribution in [0.25, 0.3) is 0 Å². The summed E-state index contributed by atoms with van der Waals surface area (Å²) in [7, 11) is 2.26. The lowest BCUT2D eigenvalue weighted by molar-refractivity contribution is 0.144. The summed E-state index contributed by atoms with van der Waals surface area (Å²) in [6.07, 6.45) is 5.54. The Balaban J connectivity index is 1.75. The van der Waals surface area contributed by atoms with E-state index in [0.29, 0.717) is 0 Å². The van der Waals surface area contributed by atoms with E-state index in [1.807, 2.05) is 18.2 Å². The minimum absolute atomic E-state index is 0.759. The summed E-state index contributed by atoms with van der Waals surface area (Å²) >= 11 is 5.98. The van der Waals surface area contributed by atoms with Gasteiger partial charge in [-0.3, -0.25) is 0 Å². The number of benzene rings is 1. The summed E-state index contributed by atoms with van der Waals surface area (Å²) in [5.74, 6) is 0.838. The molecule has 2 rings (SSSR count). The second kappa shape index (κ2) is 7.16. The van der Waals surface area contributed by atoms with Crippen LogP contribution in [0, 0.1) is 5.92 Å². The maximum atomic E-state index is 5.98. The van der Waals surface area contributed by atoms with Crippen LogP contribution in [0.15, 0.2) is 24.3 Å². The summed E-state index contributed by atoms with van der Waals surface area (Å²) < 4.78 is 0. The molecule has 106 valence electrons. The zero-order valence-electron chi connectivity index (χ0n) is 12.0. The molecule has 1 saturated carbocycles. The quantitative estimate of drug-likeness (QED) is 0.867. The van der Waals surface area contributed by atoms with Crippen molar-refractivity contribution >= 4 is 17.3 Å². The van der Waals surface area contributed by atoms with Gasteiger partial charge in [0.2, 0.25) is 0 Å². The molecular formula is C16H25ClN2. The van der Waals surface area contributed by atoms with Crippen molar-refractivity contribution in [3.8, 4) is 0 Å². The van der Waals surface area contributed by atoms with Gasteiger partial charge >= 0.3 is 0 Å². The molecule has 0 aliphatic heterocycles. The van der Waals surface area contributed by atoms with Crippen molar-refractivity contribution in [3.05, 3.63) is 29.3 Å². The highest BCUT2D eigenvalue weighted by Crippen LogP contribution is 2.27. The standard InChI is InChI=1S/C16H25ClN2/c1-13-6-3-4-9-16(13)19(2)11-10-18-15-8-5-7-14(17)12-15/h5,7-8,12-13,16,18H,3-4,6,9-11H2,1-2H3. The first-order chi connectivity index (χ1) is 9.16. The summed E-state index contributed by atoms with van der Waals surface area (Å²) in [4.78, 5) is 2.52. The van der Waals surface area contributed by atoms with E-state index in [9.17, 15) is 0 Å². The second-order valence-electron chi connectivity index (χ2n) is 5.75. The summed E-state index contributed by atoms with van der Waals surface area (Å²) in [6.45, 7) is 4.45. The molecule has 1 fully saturated rings. The third kappa shape index (κ3) is 4.39. The molecule has 1 aromatic carbocycles. The van der Waals surface area contributed by atoms with Crippen molar-refractivity contribution in [1.29, 1.82) is 0 Å². The van der Waals surface area contributed by atoms with Gasteiger partial charge in [-0.15, -0.1) is 0 Å². The van der Waals surface area contributed by atoms with E-state index >= 15 is 0 Å². The van der Waals surface area contributed by atoms with E-state index in [-0.39, 0.29) is 0 Å². The van der Waals surface area contributed by atoms with Gasteiger partial charge in [0, 0.05) is 29.8 Å². The van der Waals surface area contributed by atoms with Gasteiger partial charge < -0.3 is 10.2 Å². The Bertz CT molecular complexity index is 394. The fourth-order valence-electron chi connectivity index (χ4n) is 3.09. The van der Waals surface area contributed by atoms with Crippen molar-refractivity contribution in [2.24, 2.45) is 5.92 Å². The van der Waals surface area contributed by atoms with Crippen LogP contribution in [0.5, 0.6) is 0 Å². The van der Waals surface area contributed by atoms with Crippen LogP contribution < -0.4 is 5.32 Å². The van der Waals surface area contributed by atoms with Crippen molar-refractivity contribution in [1.82, 2.24) is 4.90 Å². The van der Waals surface area contributed by atoms with E-state index < -0.39 is 0 Å². The summed E-state index contributed by atoms with van der Waals surface area (Å²) in [5.41, 5.74) is 1.11. The highest BCUT2D eigenvalue weighted by molar-refractivity contribution is 6.30. The van der Waals surface area contributed by atoms with Crippen LogP contribution in [0.2, 0.25) is 5.02 Å². The number of anilines is 1. The molecule has 1 aliphatic carbocycles. The predicted octanol–water partition coefficient (Wildman–Crippen LogP) is 4.26. The molecule has 0 bridgehead atoms. The fourth-order valence-corrected chi connectivity index (χ4v) is 3.28. The average molecular weight is 281 g/mol. The molecule has 2 unspecified atom stereocenters. The summed E-state index contributed by atoms with van der Waals surface area (Å²) in [6, 6.07) is 8.69. The van der Waals surface area contributed by atoms with Crippen LogP contribution in [-0.2, 0) is 0 Å². The number of hydrogen-bond donors (Lipinski definition) is 1. The van der Waals surface area contributed by atoms with Crippen LogP contribution in [0.1, 0.15) is 32.6 Å². The molecule has 1 N–H and O–H groups in total. The predicted molar refractivity (Wildman–Crippen MR) is 84.0 cm³/mol. The fraction of sp³-hybridized carbons (Fsp3) is 0.625. The highest BCUT2D eigenvalue weighted by atomic mass is 35.5. The molecule has 3 heteroatoms. The van der Waals surface area contributed by atoms with Gasteiger partial charge in [0.05, 0.1) is 0 Å². The van der Waals surface area contributed by atoms with Gasteiger partial charge in [-0.05, 0) is 44.0 Å². The first kappa shape index (κ1) is 14.7. The first-order valence-corrected chi connectivity index (χ1v) is 7.74. The van der Waals surface area contributed by atoms with Gasteiger partial charge in [0.1, 0.15) is 0 Å². The number of nitrogens with zero attached hydrogens (tertiary/aromatic N) is 1. The van der Waals surface area contributed by atoms with Gasteiger partial charge in [-0.2, -0.15) is 0 Å². The minimum atomic E-state index is 0.759. The third-order valence-corrected chi connectivity index (χ3v) is 4.49. The Morgan fingerprint density at radius 2 is 2.11 bits per heavy atom. The molecule has 1 aromatic rings. The lowest BCUT2D eigenvalue weighted by Crippen LogP contribution is -2.41. The number of hydrogen-bond acceptors (Lipinski definition) is 2. The minimum Gasteiger partial charge on any atom is -0.384 e. The smallest absolute Gasteiger partial charge is 0.0426 e. The maximum Gasteiger partial charge on any atom is 0.0426 e. The molecule has 0 amide bonds. The number of nitrogens with one attached hydrogen (secondary N) is 1.